The van der Waals surface area contributed by atoms with Crippen LogP contribution in [0.4, 0.5) is 15.8 Å². The van der Waals surface area contributed by atoms with Crippen molar-refractivity contribution in [2.45, 2.75) is 13.8 Å². The van der Waals surface area contributed by atoms with Crippen LogP contribution in [0, 0.1) is 39.9 Å². The Morgan fingerprint density at radius 3 is 1.60 bits per heavy atom. The van der Waals surface area contributed by atoms with Gasteiger partial charge in [0.15, 0.2) is 0 Å². The number of aryl methyl sites for hydroxylation is 1. The first-order valence-electron chi connectivity index (χ1n) is 12.7. The zero-order valence-electron chi connectivity index (χ0n) is 24.7. The van der Waals surface area contributed by atoms with Crippen molar-refractivity contribution in [1.29, 1.82) is 0 Å². The molecule has 0 aliphatic rings. The zero-order valence-corrected chi connectivity index (χ0v) is 26.3. The first-order valence-corrected chi connectivity index (χ1v) is 16.4. The Kier molecular flexibility index (Phi) is 8.78. The molecule has 254 valence electrons. The molecule has 25 heteroatoms. The Hall–Kier alpha value is -6.24. The number of sulfonamides is 2. The number of hydrogen-bond donors (Lipinski definition) is 4. The summed E-state index contributed by atoms with van der Waals surface area (Å²) in [5.41, 5.74) is -4.71. The molecule has 3 heterocycles. The molecule has 0 unspecified atom stereocenters. The summed E-state index contributed by atoms with van der Waals surface area (Å²) in [6.45, 7) is 3.42. The van der Waals surface area contributed by atoms with Crippen molar-refractivity contribution < 1.29 is 31.1 Å². The highest BCUT2D eigenvalue weighted by Gasteiger charge is 2.22. The monoisotopic (exact) mass is 712 g/mol. The van der Waals surface area contributed by atoms with E-state index in [2.05, 4.69) is 15.0 Å². The first kappa shape index (κ1) is 34.6. The van der Waals surface area contributed by atoms with Crippen LogP contribution in [-0.4, -0.2) is 68.1 Å². The predicted octanol–water partition coefficient (Wildman–Crippen LogP) is -0.856. The standard InChI is InChI=1S/C14H14N6O6S.C9H7FN4O6S/c1-7-8(2)18(6-15-7)11-4-9-10(5-12(11)20(23)24)16-14(22)19(13(9)21)17-27(3,25)26;1-21(19,20)12-13-8(15)4-2-5(10)7(14(17)18)3-6(4)11-9(13)16/h4-6,17H,1-3H3,(H,16,22);2-3,12H,1H3,(H,11,16). The molecule has 2 aromatic carbocycles. The van der Waals surface area contributed by atoms with Gasteiger partial charge in [0.05, 0.1) is 56.2 Å². The maximum Gasteiger partial charge on any atom is 0.348 e. The molecule has 5 aromatic rings. The lowest BCUT2D eigenvalue weighted by atomic mass is 10.2. The third-order valence-corrected chi connectivity index (χ3v) is 7.41. The normalized spacial score (nSPS) is 11.6. The van der Waals surface area contributed by atoms with Gasteiger partial charge in [0.25, 0.3) is 16.8 Å². The Bertz CT molecular complexity index is 2660. The van der Waals surface area contributed by atoms with Crippen molar-refractivity contribution in [3.8, 4) is 5.69 Å². The van der Waals surface area contributed by atoms with E-state index in [-0.39, 0.29) is 32.5 Å². The molecule has 48 heavy (non-hydrogen) atoms. The molecule has 4 N–H and O–H groups in total. The summed E-state index contributed by atoms with van der Waals surface area (Å²) in [6.07, 6.45) is 2.86. The number of nitro groups is 2. The Morgan fingerprint density at radius 1 is 0.771 bits per heavy atom. The molecule has 0 fully saturated rings. The molecule has 0 radical (unpaired) electrons. The van der Waals surface area contributed by atoms with Gasteiger partial charge < -0.3 is 9.97 Å². The van der Waals surface area contributed by atoms with Crippen LogP contribution < -0.4 is 32.2 Å². The second-order valence-corrected chi connectivity index (χ2v) is 13.4. The van der Waals surface area contributed by atoms with Crippen LogP contribution in [0.25, 0.3) is 27.5 Å². The molecule has 0 spiro atoms. The highest BCUT2D eigenvalue weighted by molar-refractivity contribution is 7.91. The van der Waals surface area contributed by atoms with E-state index in [0.29, 0.717) is 34.5 Å². The summed E-state index contributed by atoms with van der Waals surface area (Å²) in [6, 6.07) is 3.48. The number of halogens is 1. The van der Waals surface area contributed by atoms with Crippen LogP contribution in [0.2, 0.25) is 0 Å². The number of nitrogens with zero attached hydrogens (tertiary/aromatic N) is 6. The van der Waals surface area contributed by atoms with Crippen LogP contribution in [0.5, 0.6) is 0 Å². The summed E-state index contributed by atoms with van der Waals surface area (Å²) < 4.78 is 60.3. The number of hydrogen-bond acceptors (Lipinski definition) is 13. The van der Waals surface area contributed by atoms with Gasteiger partial charge >= 0.3 is 17.1 Å². The van der Waals surface area contributed by atoms with Crippen LogP contribution in [0.15, 0.2) is 49.8 Å². The minimum absolute atomic E-state index is 0.0562. The molecule has 0 saturated heterocycles. The third-order valence-electron chi connectivity index (χ3n) is 6.38. The largest absolute Gasteiger partial charge is 0.348 e. The van der Waals surface area contributed by atoms with Gasteiger partial charge in [0.2, 0.25) is 25.9 Å². The molecule has 0 bridgehead atoms. The molecular formula is C23H21FN10O12S2. The molecule has 5 rings (SSSR count). The van der Waals surface area contributed by atoms with Gasteiger partial charge in [-0.1, -0.05) is 0 Å². The van der Waals surface area contributed by atoms with E-state index in [0.717, 1.165) is 12.3 Å². The summed E-state index contributed by atoms with van der Waals surface area (Å²) in [4.78, 5) is 80.4. The van der Waals surface area contributed by atoms with Crippen molar-refractivity contribution in [3.63, 3.8) is 0 Å². The fraction of sp³-hybridized carbons (Fsp3) is 0.174. The van der Waals surface area contributed by atoms with Crippen molar-refractivity contribution in [1.82, 2.24) is 28.9 Å². The van der Waals surface area contributed by atoms with Crippen molar-refractivity contribution in [3.05, 3.63) is 110 Å². The number of imidazole rings is 1. The molecule has 0 saturated carbocycles. The lowest BCUT2D eigenvalue weighted by Crippen LogP contribution is -2.43. The lowest BCUT2D eigenvalue weighted by Gasteiger charge is -2.10. The van der Waals surface area contributed by atoms with Gasteiger partial charge in [-0.05, 0) is 26.0 Å². The summed E-state index contributed by atoms with van der Waals surface area (Å²) in [7, 11) is -7.84. The van der Waals surface area contributed by atoms with E-state index in [4.69, 9.17) is 0 Å². The Balaban J connectivity index is 0.000000224. The Morgan fingerprint density at radius 2 is 1.21 bits per heavy atom. The van der Waals surface area contributed by atoms with Gasteiger partial charge in [-0.2, -0.15) is 13.7 Å². The second kappa shape index (κ2) is 12.2. The van der Waals surface area contributed by atoms with E-state index >= 15 is 0 Å². The molecule has 3 aromatic heterocycles. The molecule has 0 aliphatic heterocycles. The van der Waals surface area contributed by atoms with Crippen molar-refractivity contribution in [2.24, 2.45) is 0 Å². The topological polar surface area (TPSA) is 306 Å². The fourth-order valence-corrected chi connectivity index (χ4v) is 5.18. The van der Waals surface area contributed by atoms with Gasteiger partial charge in [-0.3, -0.25) is 34.4 Å². The van der Waals surface area contributed by atoms with Gasteiger partial charge in [0.1, 0.15) is 5.69 Å². The number of nitro benzene ring substituents is 2. The number of nitrogens with one attached hydrogen (secondary N) is 4. The highest BCUT2D eigenvalue weighted by atomic mass is 32.2. The Labute approximate surface area is 264 Å². The van der Waals surface area contributed by atoms with Crippen LogP contribution in [0.1, 0.15) is 11.4 Å². The maximum absolute atomic E-state index is 13.5. The number of aromatic nitrogens is 6. The molecule has 22 nitrogen and oxygen atoms in total. The average Bonchev–Trinajstić information content (AvgIpc) is 3.29. The van der Waals surface area contributed by atoms with Crippen LogP contribution in [-0.2, 0) is 20.0 Å². The summed E-state index contributed by atoms with van der Waals surface area (Å²) >= 11 is 0. The van der Waals surface area contributed by atoms with E-state index in [1.54, 1.807) is 23.5 Å². The number of fused-ring (bicyclic) bond motifs is 2. The number of benzene rings is 2. The van der Waals surface area contributed by atoms with E-state index in [9.17, 15) is 60.6 Å². The zero-order chi connectivity index (χ0) is 36.0. The average molecular weight is 713 g/mol. The SMILES string of the molecule is CS(=O)(=O)Nn1c(=O)[nH]c2cc([N+](=O)[O-])c(F)cc2c1=O.Cc1ncn(-c2cc3c(=O)n(NS(C)(=O)=O)c(=O)[nH]c3cc2[N+](=O)[O-])c1C. The minimum atomic E-state index is -3.93. The van der Waals surface area contributed by atoms with Crippen LogP contribution >= 0.6 is 0 Å². The van der Waals surface area contributed by atoms with Gasteiger partial charge in [0, 0.05) is 17.8 Å². The second-order valence-electron chi connectivity index (χ2n) is 9.90. The van der Waals surface area contributed by atoms with E-state index in [1.807, 2.05) is 0 Å². The smallest absolute Gasteiger partial charge is 0.305 e. The van der Waals surface area contributed by atoms with E-state index < -0.39 is 69.3 Å². The molecule has 0 aliphatic carbocycles. The maximum atomic E-state index is 13.5. The predicted molar refractivity (Wildman–Crippen MR) is 166 cm³/mol. The minimum Gasteiger partial charge on any atom is -0.305 e. The molecule has 0 atom stereocenters. The molecule has 0 amide bonds. The summed E-state index contributed by atoms with van der Waals surface area (Å²) in [5, 5.41) is 21.5. The summed E-state index contributed by atoms with van der Waals surface area (Å²) in [5.74, 6) is -1.29. The quantitative estimate of drug-likeness (QED) is 0.118. The third kappa shape index (κ3) is 6.94. The number of aromatic amines is 2. The fourth-order valence-electron chi connectivity index (χ4n) is 4.19. The number of H-pyrrole nitrogens is 2. The molecular weight excluding hydrogens is 691 g/mol. The lowest BCUT2D eigenvalue weighted by molar-refractivity contribution is -0.387. The van der Waals surface area contributed by atoms with Gasteiger partial charge in [-0.15, -0.1) is 0 Å². The van der Waals surface area contributed by atoms with Crippen LogP contribution in [0.3, 0.4) is 0 Å². The van der Waals surface area contributed by atoms with Gasteiger partial charge in [-0.25, -0.2) is 41.1 Å². The van der Waals surface area contributed by atoms with Crippen molar-refractivity contribution >= 4 is 53.2 Å². The highest BCUT2D eigenvalue weighted by Crippen LogP contribution is 2.28. The van der Waals surface area contributed by atoms with E-state index in [1.165, 1.54) is 17.0 Å². The first-order chi connectivity index (χ1) is 22.1. The number of rotatable bonds is 7. The van der Waals surface area contributed by atoms with Crippen molar-refractivity contribution in [2.75, 3.05) is 22.2 Å².